The van der Waals surface area contributed by atoms with Crippen molar-refractivity contribution < 1.29 is 9.32 Å². The van der Waals surface area contributed by atoms with Crippen molar-refractivity contribution in [3.63, 3.8) is 0 Å². The Balaban J connectivity index is 1.93. The first-order valence-corrected chi connectivity index (χ1v) is 6.60. The van der Waals surface area contributed by atoms with E-state index in [1.807, 2.05) is 24.3 Å². The monoisotopic (exact) mass is 281 g/mol. The van der Waals surface area contributed by atoms with E-state index in [9.17, 15) is 4.79 Å². The highest BCUT2D eigenvalue weighted by Crippen LogP contribution is 2.12. The van der Waals surface area contributed by atoms with E-state index in [-0.39, 0.29) is 11.8 Å². The van der Waals surface area contributed by atoms with Crippen LogP contribution in [0.3, 0.4) is 0 Å². The Kier molecular flexibility index (Phi) is 4.23. The van der Waals surface area contributed by atoms with Crippen molar-refractivity contribution in [2.45, 2.75) is 20.0 Å². The van der Waals surface area contributed by atoms with Gasteiger partial charge in [0, 0.05) is 18.1 Å². The quantitative estimate of drug-likeness (QED) is 0.873. The van der Waals surface area contributed by atoms with E-state index in [0.717, 1.165) is 10.7 Å². The van der Waals surface area contributed by atoms with Gasteiger partial charge in [-0.05, 0) is 14.0 Å². The van der Waals surface area contributed by atoms with Crippen molar-refractivity contribution in [2.75, 3.05) is 14.1 Å². The molecule has 0 saturated carbocycles. The average molecular weight is 281 g/mol. The molecule has 2 aromatic rings. The molecule has 1 amide bonds. The molecule has 0 fully saturated rings. The Morgan fingerprint density at radius 3 is 2.89 bits per heavy atom. The van der Waals surface area contributed by atoms with Crippen molar-refractivity contribution in [2.24, 2.45) is 0 Å². The predicted molar refractivity (Wildman–Crippen MR) is 69.7 cm³/mol. The summed E-state index contributed by atoms with van der Waals surface area (Å²) in [7, 11) is 3.45. The molecule has 7 nitrogen and oxygen atoms in total. The molecule has 1 N–H and O–H groups in total. The number of thiazole rings is 1. The fourth-order valence-electron chi connectivity index (χ4n) is 1.52. The zero-order valence-corrected chi connectivity index (χ0v) is 11.8. The van der Waals surface area contributed by atoms with Crippen LogP contribution in [0, 0.1) is 6.92 Å². The van der Waals surface area contributed by atoms with Gasteiger partial charge in [0.15, 0.2) is 5.82 Å². The maximum atomic E-state index is 11.3. The summed E-state index contributed by atoms with van der Waals surface area (Å²) in [5, 5.41) is 9.25. The van der Waals surface area contributed by atoms with Gasteiger partial charge >= 0.3 is 11.8 Å². The van der Waals surface area contributed by atoms with Crippen molar-refractivity contribution >= 4 is 17.2 Å². The summed E-state index contributed by atoms with van der Waals surface area (Å²) in [6.07, 6.45) is 0. The number of hydrogen-bond acceptors (Lipinski definition) is 7. The molecule has 2 aromatic heterocycles. The fourth-order valence-corrected chi connectivity index (χ4v) is 2.37. The molecule has 0 aliphatic carbocycles. The second-order valence-electron chi connectivity index (χ2n) is 4.15. The number of rotatable bonds is 5. The van der Waals surface area contributed by atoms with Gasteiger partial charge in [-0.15, -0.1) is 11.3 Å². The highest BCUT2D eigenvalue weighted by atomic mass is 32.1. The van der Waals surface area contributed by atoms with Crippen molar-refractivity contribution in [3.8, 4) is 0 Å². The molecule has 0 atom stereocenters. The summed E-state index contributed by atoms with van der Waals surface area (Å²) < 4.78 is 4.86. The molecule has 8 heteroatoms. The van der Waals surface area contributed by atoms with Crippen LogP contribution < -0.4 is 5.32 Å². The summed E-state index contributed by atoms with van der Waals surface area (Å²) >= 11 is 1.62. The van der Waals surface area contributed by atoms with E-state index in [1.165, 1.54) is 7.05 Å². The van der Waals surface area contributed by atoms with Gasteiger partial charge in [0.05, 0.1) is 13.1 Å². The Morgan fingerprint density at radius 2 is 2.26 bits per heavy atom. The number of carbonyl (C=O) groups is 1. The molecule has 0 radical (unpaired) electrons. The Bertz CT molecular complexity index is 565. The van der Waals surface area contributed by atoms with Gasteiger partial charge in [-0.2, -0.15) is 4.98 Å². The molecule has 0 aliphatic rings. The SMILES string of the molecule is CNC(=O)c1nc(CN(C)Cc2nc(C)cs2)no1. The average Bonchev–Trinajstić information content (AvgIpc) is 2.98. The van der Waals surface area contributed by atoms with E-state index in [1.54, 1.807) is 11.3 Å². The van der Waals surface area contributed by atoms with Crippen molar-refractivity contribution in [3.05, 3.63) is 27.8 Å². The first kappa shape index (κ1) is 13.6. The van der Waals surface area contributed by atoms with Gasteiger partial charge < -0.3 is 9.84 Å². The van der Waals surface area contributed by atoms with Crippen LogP contribution in [0.5, 0.6) is 0 Å². The first-order chi connectivity index (χ1) is 9.08. The standard InChI is InChI=1S/C11H15N5O2S/c1-7-6-19-9(13-7)5-16(3)4-8-14-11(18-15-8)10(17)12-2/h6H,4-5H2,1-3H3,(H,12,17). The molecule has 0 aliphatic heterocycles. The Labute approximate surface area is 114 Å². The molecule has 0 aromatic carbocycles. The summed E-state index contributed by atoms with van der Waals surface area (Å²) in [5.74, 6) is 0.0855. The van der Waals surface area contributed by atoms with Crippen LogP contribution in [0.15, 0.2) is 9.90 Å². The topological polar surface area (TPSA) is 84.2 Å². The minimum Gasteiger partial charge on any atom is -0.351 e. The van der Waals surface area contributed by atoms with Gasteiger partial charge in [-0.25, -0.2) is 4.98 Å². The summed E-state index contributed by atoms with van der Waals surface area (Å²) in [5.41, 5.74) is 1.02. The van der Waals surface area contributed by atoms with Crippen molar-refractivity contribution in [1.82, 2.24) is 25.3 Å². The number of aryl methyl sites for hydroxylation is 1. The zero-order valence-electron chi connectivity index (χ0n) is 11.0. The van der Waals surface area contributed by atoms with Crippen LogP contribution in [0.1, 0.15) is 27.2 Å². The molecule has 102 valence electrons. The number of aromatic nitrogens is 3. The van der Waals surface area contributed by atoms with Crippen molar-refractivity contribution in [1.29, 1.82) is 0 Å². The van der Waals surface area contributed by atoms with E-state index >= 15 is 0 Å². The molecule has 0 unspecified atom stereocenters. The number of amides is 1. The summed E-state index contributed by atoms with van der Waals surface area (Å²) in [6, 6.07) is 0. The number of nitrogens with one attached hydrogen (secondary N) is 1. The van der Waals surface area contributed by atoms with E-state index in [0.29, 0.717) is 18.9 Å². The third-order valence-corrected chi connectivity index (χ3v) is 3.32. The summed E-state index contributed by atoms with van der Waals surface area (Å²) in [6.45, 7) is 3.18. The zero-order chi connectivity index (χ0) is 13.8. The molecule has 0 spiro atoms. The maximum Gasteiger partial charge on any atom is 0.315 e. The lowest BCUT2D eigenvalue weighted by atomic mass is 10.5. The molecule has 2 rings (SSSR count). The number of hydrogen-bond donors (Lipinski definition) is 1. The number of carbonyl (C=O) groups excluding carboxylic acids is 1. The number of nitrogens with zero attached hydrogens (tertiary/aromatic N) is 4. The summed E-state index contributed by atoms with van der Waals surface area (Å²) in [4.78, 5) is 21.7. The van der Waals surface area contributed by atoms with Crippen LogP contribution in [0.2, 0.25) is 0 Å². The van der Waals surface area contributed by atoms with Gasteiger partial charge in [0.25, 0.3) is 0 Å². The van der Waals surface area contributed by atoms with Crippen LogP contribution >= 0.6 is 11.3 Å². The third kappa shape index (κ3) is 3.58. The lowest BCUT2D eigenvalue weighted by Crippen LogP contribution is -2.19. The second-order valence-corrected chi connectivity index (χ2v) is 5.09. The Morgan fingerprint density at radius 1 is 1.47 bits per heavy atom. The normalized spacial score (nSPS) is 10.9. The van der Waals surface area contributed by atoms with Crippen LogP contribution in [0.4, 0.5) is 0 Å². The van der Waals surface area contributed by atoms with E-state index in [2.05, 4.69) is 20.4 Å². The molecule has 2 heterocycles. The van der Waals surface area contributed by atoms with E-state index < -0.39 is 0 Å². The lowest BCUT2D eigenvalue weighted by Gasteiger charge is -2.11. The van der Waals surface area contributed by atoms with Gasteiger partial charge in [0.1, 0.15) is 5.01 Å². The van der Waals surface area contributed by atoms with Gasteiger partial charge in [-0.1, -0.05) is 5.16 Å². The van der Waals surface area contributed by atoms with Crippen LogP contribution in [0.25, 0.3) is 0 Å². The molecule has 0 bridgehead atoms. The molecule has 0 saturated heterocycles. The fraction of sp³-hybridized carbons (Fsp3) is 0.455. The lowest BCUT2D eigenvalue weighted by molar-refractivity contribution is 0.0919. The van der Waals surface area contributed by atoms with Crippen LogP contribution in [-0.4, -0.2) is 40.0 Å². The second kappa shape index (κ2) is 5.89. The third-order valence-electron chi connectivity index (χ3n) is 2.37. The van der Waals surface area contributed by atoms with Crippen LogP contribution in [-0.2, 0) is 13.1 Å². The first-order valence-electron chi connectivity index (χ1n) is 5.72. The smallest absolute Gasteiger partial charge is 0.315 e. The van der Waals surface area contributed by atoms with Gasteiger partial charge in [-0.3, -0.25) is 9.69 Å². The maximum absolute atomic E-state index is 11.3. The highest BCUT2D eigenvalue weighted by Gasteiger charge is 2.14. The largest absolute Gasteiger partial charge is 0.351 e. The minimum absolute atomic E-state index is 0.0176. The molecule has 19 heavy (non-hydrogen) atoms. The van der Waals surface area contributed by atoms with Gasteiger partial charge in [0.2, 0.25) is 0 Å². The Hall–Kier alpha value is -1.80. The molecular weight excluding hydrogens is 266 g/mol. The highest BCUT2D eigenvalue weighted by molar-refractivity contribution is 7.09. The predicted octanol–water partition coefficient (Wildman–Crippen LogP) is 0.826. The minimum atomic E-state index is -0.378. The molecular formula is C11H15N5O2S. The van der Waals surface area contributed by atoms with E-state index in [4.69, 9.17) is 4.52 Å².